The Morgan fingerprint density at radius 3 is 1.70 bits per heavy atom. The molecule has 0 aliphatic carbocycles. The van der Waals surface area contributed by atoms with E-state index in [-0.39, 0.29) is 0 Å². The molecule has 4 aromatic heterocycles. The van der Waals surface area contributed by atoms with Gasteiger partial charge in [-0.15, -0.1) is 11.3 Å². The van der Waals surface area contributed by atoms with Crippen LogP contribution >= 0.6 is 11.3 Å². The number of rotatable bonds is 5. The van der Waals surface area contributed by atoms with Gasteiger partial charge in [-0.1, -0.05) is 140 Å². The highest BCUT2D eigenvalue weighted by atomic mass is 32.1. The first-order valence-electron chi connectivity index (χ1n) is 18.9. The summed E-state index contributed by atoms with van der Waals surface area (Å²) >= 11 is 1.79. The SMILES string of the molecule is c1ccc(-c2nc(-c3ccccc3)nc(-c3ccc4c(c3)sc3cccc(-c5cc(-c6cccc7c6oc6ccccc67)cc6oc7ccccc7c56)c34)n2)cc1. The van der Waals surface area contributed by atoms with Gasteiger partial charge in [-0.05, 0) is 53.1 Å². The van der Waals surface area contributed by atoms with E-state index in [1.54, 1.807) is 11.3 Å². The van der Waals surface area contributed by atoms with Gasteiger partial charge in [-0.2, -0.15) is 0 Å². The van der Waals surface area contributed by atoms with Crippen LogP contribution in [-0.4, -0.2) is 15.0 Å². The summed E-state index contributed by atoms with van der Waals surface area (Å²) in [6.45, 7) is 0. The topological polar surface area (TPSA) is 65.0 Å². The number of thiophene rings is 1. The van der Waals surface area contributed by atoms with Gasteiger partial charge in [0.2, 0.25) is 0 Å². The molecule has 0 amide bonds. The minimum Gasteiger partial charge on any atom is -0.456 e. The highest BCUT2D eigenvalue weighted by molar-refractivity contribution is 7.26. The molecule has 4 heterocycles. The Morgan fingerprint density at radius 1 is 0.333 bits per heavy atom. The lowest BCUT2D eigenvalue weighted by atomic mass is 9.91. The van der Waals surface area contributed by atoms with Gasteiger partial charge in [0.05, 0.1) is 0 Å². The van der Waals surface area contributed by atoms with Gasteiger partial charge in [-0.25, -0.2) is 15.0 Å². The van der Waals surface area contributed by atoms with E-state index >= 15 is 0 Å². The number of furan rings is 2. The molecule has 12 aromatic rings. The fourth-order valence-electron chi connectivity index (χ4n) is 8.32. The zero-order valence-corrected chi connectivity index (χ0v) is 31.1. The molecule has 12 rings (SSSR count). The lowest BCUT2D eigenvalue weighted by Gasteiger charge is -2.11. The molecule has 57 heavy (non-hydrogen) atoms. The van der Waals surface area contributed by atoms with Crippen molar-refractivity contribution in [3.63, 3.8) is 0 Å². The molecule has 5 nitrogen and oxygen atoms in total. The predicted molar refractivity (Wildman–Crippen MR) is 234 cm³/mol. The first-order valence-corrected chi connectivity index (χ1v) is 19.7. The third kappa shape index (κ3) is 5.12. The summed E-state index contributed by atoms with van der Waals surface area (Å²) in [4.78, 5) is 14.9. The molecular weight excluding hydrogens is 719 g/mol. The van der Waals surface area contributed by atoms with Crippen molar-refractivity contribution in [2.45, 2.75) is 0 Å². The fraction of sp³-hybridized carbons (Fsp3) is 0. The normalized spacial score (nSPS) is 11.9. The Hall–Kier alpha value is -7.41. The van der Waals surface area contributed by atoms with Gasteiger partial charge in [0.1, 0.15) is 22.3 Å². The second-order valence-corrected chi connectivity index (χ2v) is 15.4. The molecule has 0 atom stereocenters. The van der Waals surface area contributed by atoms with Crippen LogP contribution in [0.2, 0.25) is 0 Å². The van der Waals surface area contributed by atoms with Crippen LogP contribution in [-0.2, 0) is 0 Å². The van der Waals surface area contributed by atoms with Crippen LogP contribution in [0, 0.1) is 0 Å². The maximum atomic E-state index is 6.63. The molecule has 266 valence electrons. The molecular formula is C51H29N3O2S. The van der Waals surface area contributed by atoms with E-state index in [1.165, 1.54) is 15.5 Å². The molecule has 8 aromatic carbocycles. The molecule has 0 radical (unpaired) electrons. The van der Waals surface area contributed by atoms with Crippen molar-refractivity contribution in [1.82, 2.24) is 15.0 Å². The zero-order chi connectivity index (χ0) is 37.5. The Kier molecular flexibility index (Phi) is 7.03. The number of aromatic nitrogens is 3. The van der Waals surface area contributed by atoms with Crippen molar-refractivity contribution in [3.05, 3.63) is 176 Å². The van der Waals surface area contributed by atoms with Gasteiger partial charge in [-0.3, -0.25) is 0 Å². The first kappa shape index (κ1) is 31.9. The van der Waals surface area contributed by atoms with E-state index in [0.29, 0.717) is 17.5 Å². The van der Waals surface area contributed by atoms with Crippen LogP contribution in [0.3, 0.4) is 0 Å². The number of hydrogen-bond donors (Lipinski definition) is 0. The van der Waals surface area contributed by atoms with Gasteiger partial charge in [0.15, 0.2) is 17.5 Å². The van der Waals surface area contributed by atoms with Gasteiger partial charge in [0.25, 0.3) is 0 Å². The Labute approximate surface area is 330 Å². The molecule has 0 bridgehead atoms. The predicted octanol–water partition coefficient (Wildman–Crippen LogP) is 14.4. The van der Waals surface area contributed by atoms with Crippen LogP contribution in [0.25, 0.3) is 120 Å². The quantitative estimate of drug-likeness (QED) is 0.175. The van der Waals surface area contributed by atoms with Crippen molar-refractivity contribution in [2.24, 2.45) is 0 Å². The maximum absolute atomic E-state index is 6.63. The van der Waals surface area contributed by atoms with Crippen LogP contribution < -0.4 is 0 Å². The van der Waals surface area contributed by atoms with E-state index in [0.717, 1.165) is 87.5 Å². The number of nitrogens with zero attached hydrogens (tertiary/aromatic N) is 3. The second-order valence-electron chi connectivity index (χ2n) is 14.3. The first-order chi connectivity index (χ1) is 28.2. The van der Waals surface area contributed by atoms with Crippen molar-refractivity contribution in [2.75, 3.05) is 0 Å². The summed E-state index contributed by atoms with van der Waals surface area (Å²) in [7, 11) is 0. The van der Waals surface area contributed by atoms with Gasteiger partial charge in [0, 0.05) is 64.0 Å². The van der Waals surface area contributed by atoms with Crippen molar-refractivity contribution in [3.8, 4) is 56.4 Å². The average molecular weight is 748 g/mol. The van der Waals surface area contributed by atoms with Crippen molar-refractivity contribution in [1.29, 1.82) is 0 Å². The average Bonchev–Trinajstić information content (AvgIpc) is 3.97. The van der Waals surface area contributed by atoms with Gasteiger partial charge < -0.3 is 8.83 Å². The van der Waals surface area contributed by atoms with E-state index in [9.17, 15) is 0 Å². The number of hydrogen-bond acceptors (Lipinski definition) is 6. The number of fused-ring (bicyclic) bond motifs is 9. The fourth-order valence-corrected chi connectivity index (χ4v) is 9.50. The molecule has 0 unspecified atom stereocenters. The highest BCUT2D eigenvalue weighted by Crippen LogP contribution is 2.47. The van der Waals surface area contributed by atoms with E-state index in [2.05, 4.69) is 97.1 Å². The summed E-state index contributed by atoms with van der Waals surface area (Å²) in [5.41, 5.74) is 10.6. The summed E-state index contributed by atoms with van der Waals surface area (Å²) in [6, 6.07) is 60.9. The van der Waals surface area contributed by atoms with Crippen LogP contribution in [0.4, 0.5) is 0 Å². The monoisotopic (exact) mass is 747 g/mol. The number of para-hydroxylation sites is 3. The lowest BCUT2D eigenvalue weighted by Crippen LogP contribution is -1.99. The molecule has 6 heteroatoms. The lowest BCUT2D eigenvalue weighted by molar-refractivity contribution is 0.668. The van der Waals surface area contributed by atoms with E-state index in [1.807, 2.05) is 78.9 Å². The molecule has 0 aliphatic rings. The molecule has 0 fully saturated rings. The molecule has 0 aliphatic heterocycles. The minimum atomic E-state index is 0.640. The van der Waals surface area contributed by atoms with Crippen LogP contribution in [0.5, 0.6) is 0 Å². The standard InChI is InChI=1S/C51H29N3O2S/c1-3-13-30(14-4-1)49-52-50(31-15-5-2-6-16-31)54-51(53-49)32-25-26-39-45(29-32)57-44-24-12-20-36(47(39)44)40-27-33(28-43-46(40)38-18-8-10-23-42(38)55-43)34-19-11-21-37-35-17-7-9-22-41(35)56-48(34)37/h1-29H. The third-order valence-corrected chi connectivity index (χ3v) is 12.1. The number of benzene rings is 8. The molecule has 0 saturated heterocycles. The molecule has 0 spiro atoms. The Bertz CT molecular complexity index is 3470. The third-order valence-electron chi connectivity index (χ3n) is 10.9. The zero-order valence-electron chi connectivity index (χ0n) is 30.3. The van der Waals surface area contributed by atoms with Crippen molar-refractivity contribution < 1.29 is 8.83 Å². The summed E-state index contributed by atoms with van der Waals surface area (Å²) in [5.74, 6) is 1.93. The Balaban J connectivity index is 1.07. The Morgan fingerprint density at radius 2 is 0.947 bits per heavy atom. The smallest absolute Gasteiger partial charge is 0.164 e. The van der Waals surface area contributed by atoms with Gasteiger partial charge >= 0.3 is 0 Å². The second kappa shape index (κ2) is 12.6. The molecule has 0 N–H and O–H groups in total. The van der Waals surface area contributed by atoms with E-state index in [4.69, 9.17) is 23.8 Å². The van der Waals surface area contributed by atoms with E-state index < -0.39 is 0 Å². The van der Waals surface area contributed by atoms with Crippen LogP contribution in [0.15, 0.2) is 185 Å². The highest BCUT2D eigenvalue weighted by Gasteiger charge is 2.21. The molecule has 0 saturated carbocycles. The van der Waals surface area contributed by atoms with Crippen molar-refractivity contribution >= 4 is 75.4 Å². The summed E-state index contributed by atoms with van der Waals surface area (Å²) in [5, 5.41) is 6.79. The van der Waals surface area contributed by atoms with Crippen LogP contribution in [0.1, 0.15) is 0 Å². The minimum absolute atomic E-state index is 0.640. The summed E-state index contributed by atoms with van der Waals surface area (Å²) < 4.78 is 15.5. The summed E-state index contributed by atoms with van der Waals surface area (Å²) in [6.07, 6.45) is 0. The largest absolute Gasteiger partial charge is 0.456 e. The maximum Gasteiger partial charge on any atom is 0.164 e.